The maximum Gasteiger partial charge on any atom is 0.0648 e. The fourth-order valence-corrected chi connectivity index (χ4v) is 1.95. The van der Waals surface area contributed by atoms with Gasteiger partial charge < -0.3 is 5.32 Å². The zero-order chi connectivity index (χ0) is 10.0. The fourth-order valence-electron chi connectivity index (χ4n) is 1.08. The molecule has 0 spiro atoms. The molecule has 1 nitrogen and oxygen atoms in total. The van der Waals surface area contributed by atoms with Crippen molar-refractivity contribution in [2.75, 3.05) is 5.32 Å². The Hall–Kier alpha value is 0.0400. The van der Waals surface area contributed by atoms with E-state index in [0.717, 1.165) is 10.7 Å². The summed E-state index contributed by atoms with van der Waals surface area (Å²) in [6.07, 6.45) is 0. The molecule has 0 aliphatic carbocycles. The van der Waals surface area contributed by atoms with E-state index < -0.39 is 0 Å². The quantitative estimate of drug-likeness (QED) is 0.812. The van der Waals surface area contributed by atoms with Crippen LogP contribution in [0.25, 0.3) is 0 Å². The molecule has 0 atom stereocenters. The van der Waals surface area contributed by atoms with Crippen LogP contribution in [0.15, 0.2) is 12.1 Å². The van der Waals surface area contributed by atoms with Crippen LogP contribution in [0.1, 0.15) is 19.4 Å². The van der Waals surface area contributed by atoms with Crippen molar-refractivity contribution in [3.8, 4) is 0 Å². The zero-order valence-corrected chi connectivity index (χ0v) is 10.9. The third-order valence-corrected chi connectivity index (χ3v) is 3.17. The van der Waals surface area contributed by atoms with E-state index in [-0.39, 0.29) is 0 Å². The molecule has 0 unspecified atom stereocenters. The monoisotopic (exact) mass is 309 g/mol. The Labute approximate surface area is 98.0 Å². The number of halogens is 2. The summed E-state index contributed by atoms with van der Waals surface area (Å²) in [5, 5.41) is 4.10. The molecule has 72 valence electrons. The molecular formula is C10H13ClIN. The summed E-state index contributed by atoms with van der Waals surface area (Å²) in [5.74, 6) is 0. The van der Waals surface area contributed by atoms with Crippen molar-refractivity contribution >= 4 is 39.9 Å². The SMILES string of the molecule is Cc1cc(NC(C)C)c(Cl)cc1I. The van der Waals surface area contributed by atoms with Crippen molar-refractivity contribution < 1.29 is 0 Å². The van der Waals surface area contributed by atoms with Gasteiger partial charge in [0, 0.05) is 9.61 Å². The van der Waals surface area contributed by atoms with Crippen LogP contribution in [0.2, 0.25) is 5.02 Å². The van der Waals surface area contributed by atoms with Crippen LogP contribution in [-0.2, 0) is 0 Å². The molecule has 0 saturated heterocycles. The van der Waals surface area contributed by atoms with Crippen molar-refractivity contribution in [3.05, 3.63) is 26.3 Å². The molecule has 0 aliphatic rings. The van der Waals surface area contributed by atoms with Gasteiger partial charge in [-0.15, -0.1) is 0 Å². The van der Waals surface area contributed by atoms with E-state index in [1.54, 1.807) is 0 Å². The highest BCUT2D eigenvalue weighted by molar-refractivity contribution is 14.1. The molecule has 0 saturated carbocycles. The first kappa shape index (κ1) is 11.1. The average molecular weight is 310 g/mol. The Morgan fingerprint density at radius 3 is 2.54 bits per heavy atom. The van der Waals surface area contributed by atoms with Gasteiger partial charge in [0.05, 0.1) is 10.7 Å². The number of hydrogen-bond acceptors (Lipinski definition) is 1. The van der Waals surface area contributed by atoms with Crippen LogP contribution in [0.3, 0.4) is 0 Å². The molecule has 3 heteroatoms. The van der Waals surface area contributed by atoms with E-state index in [1.165, 1.54) is 9.13 Å². The van der Waals surface area contributed by atoms with Crippen molar-refractivity contribution in [3.63, 3.8) is 0 Å². The minimum Gasteiger partial charge on any atom is -0.382 e. The molecule has 0 aliphatic heterocycles. The third kappa shape index (κ3) is 3.02. The fraction of sp³-hybridized carbons (Fsp3) is 0.400. The maximum atomic E-state index is 6.08. The molecule has 1 aromatic carbocycles. The minimum absolute atomic E-state index is 0.414. The van der Waals surface area contributed by atoms with Crippen LogP contribution < -0.4 is 5.32 Å². The lowest BCUT2D eigenvalue weighted by Gasteiger charge is -2.13. The number of aryl methyl sites for hydroxylation is 1. The zero-order valence-electron chi connectivity index (χ0n) is 7.99. The topological polar surface area (TPSA) is 12.0 Å². The second-order valence-electron chi connectivity index (χ2n) is 3.38. The summed E-state index contributed by atoms with van der Waals surface area (Å²) in [4.78, 5) is 0. The van der Waals surface area contributed by atoms with E-state index in [9.17, 15) is 0 Å². The number of benzene rings is 1. The smallest absolute Gasteiger partial charge is 0.0648 e. The lowest BCUT2D eigenvalue weighted by atomic mass is 10.2. The van der Waals surface area contributed by atoms with Gasteiger partial charge in [-0.3, -0.25) is 0 Å². The maximum absolute atomic E-state index is 6.08. The highest BCUT2D eigenvalue weighted by atomic mass is 127. The summed E-state index contributed by atoms with van der Waals surface area (Å²) < 4.78 is 1.21. The molecule has 0 heterocycles. The van der Waals surface area contributed by atoms with Crippen molar-refractivity contribution in [2.24, 2.45) is 0 Å². The van der Waals surface area contributed by atoms with Gasteiger partial charge in [-0.25, -0.2) is 0 Å². The first-order chi connectivity index (χ1) is 6.00. The van der Waals surface area contributed by atoms with Crippen LogP contribution in [0.4, 0.5) is 5.69 Å². The second kappa shape index (κ2) is 4.51. The molecule has 13 heavy (non-hydrogen) atoms. The largest absolute Gasteiger partial charge is 0.382 e. The van der Waals surface area contributed by atoms with Crippen LogP contribution in [0, 0.1) is 10.5 Å². The molecule has 1 N–H and O–H groups in total. The van der Waals surface area contributed by atoms with Gasteiger partial charge in [-0.2, -0.15) is 0 Å². The lowest BCUT2D eigenvalue weighted by Crippen LogP contribution is -2.10. The number of rotatable bonds is 2. The molecule has 0 fully saturated rings. The van der Waals surface area contributed by atoms with Crippen LogP contribution in [-0.4, -0.2) is 6.04 Å². The Bertz CT molecular complexity index is 310. The van der Waals surface area contributed by atoms with E-state index in [4.69, 9.17) is 11.6 Å². The summed E-state index contributed by atoms with van der Waals surface area (Å²) in [6, 6.07) is 4.49. The Balaban J connectivity index is 3.01. The van der Waals surface area contributed by atoms with Crippen molar-refractivity contribution in [1.29, 1.82) is 0 Å². The van der Waals surface area contributed by atoms with Gasteiger partial charge in [0.1, 0.15) is 0 Å². The number of anilines is 1. The Kier molecular flexibility index (Phi) is 3.86. The second-order valence-corrected chi connectivity index (χ2v) is 4.95. The highest BCUT2D eigenvalue weighted by Gasteiger charge is 2.04. The average Bonchev–Trinajstić information content (AvgIpc) is 1.99. The van der Waals surface area contributed by atoms with Gasteiger partial charge in [-0.1, -0.05) is 11.6 Å². The standard InChI is InChI=1S/C10H13ClIN/c1-6(2)13-10-4-7(3)9(12)5-8(10)11/h4-6,13H,1-3H3. The van der Waals surface area contributed by atoms with Gasteiger partial charge in [0.25, 0.3) is 0 Å². The van der Waals surface area contributed by atoms with E-state index in [0.29, 0.717) is 6.04 Å². The molecule has 0 radical (unpaired) electrons. The molecule has 0 bridgehead atoms. The predicted octanol–water partition coefficient (Wildman–Crippen LogP) is 4.07. The molecule has 1 aromatic rings. The van der Waals surface area contributed by atoms with E-state index in [1.807, 2.05) is 6.07 Å². The Morgan fingerprint density at radius 1 is 1.38 bits per heavy atom. The van der Waals surface area contributed by atoms with Crippen molar-refractivity contribution in [1.82, 2.24) is 0 Å². The number of hydrogen-bond donors (Lipinski definition) is 1. The number of nitrogens with one attached hydrogen (secondary N) is 1. The van der Waals surface area contributed by atoms with Gasteiger partial charge in [0.15, 0.2) is 0 Å². The highest BCUT2D eigenvalue weighted by Crippen LogP contribution is 2.27. The molecular weight excluding hydrogens is 296 g/mol. The molecule has 1 rings (SSSR count). The van der Waals surface area contributed by atoms with Crippen LogP contribution in [0.5, 0.6) is 0 Å². The van der Waals surface area contributed by atoms with E-state index in [2.05, 4.69) is 54.7 Å². The summed E-state index contributed by atoms with van der Waals surface area (Å²) >= 11 is 8.37. The van der Waals surface area contributed by atoms with Crippen molar-refractivity contribution in [2.45, 2.75) is 26.8 Å². The van der Waals surface area contributed by atoms with Gasteiger partial charge in [-0.05, 0) is 61.1 Å². The molecule has 0 amide bonds. The lowest BCUT2D eigenvalue weighted by molar-refractivity contribution is 0.899. The first-order valence-corrected chi connectivity index (χ1v) is 5.68. The predicted molar refractivity (Wildman–Crippen MR) is 67.7 cm³/mol. The van der Waals surface area contributed by atoms with E-state index >= 15 is 0 Å². The normalized spacial score (nSPS) is 10.6. The Morgan fingerprint density at radius 2 is 2.00 bits per heavy atom. The van der Waals surface area contributed by atoms with Gasteiger partial charge >= 0.3 is 0 Å². The summed E-state index contributed by atoms with van der Waals surface area (Å²) in [7, 11) is 0. The third-order valence-electron chi connectivity index (χ3n) is 1.69. The first-order valence-electron chi connectivity index (χ1n) is 4.23. The van der Waals surface area contributed by atoms with Gasteiger partial charge in [0.2, 0.25) is 0 Å². The minimum atomic E-state index is 0.414. The summed E-state index contributed by atoms with van der Waals surface area (Å²) in [5.41, 5.74) is 2.28. The molecule has 0 aromatic heterocycles. The summed E-state index contributed by atoms with van der Waals surface area (Å²) in [6.45, 7) is 6.29. The van der Waals surface area contributed by atoms with Crippen LogP contribution >= 0.6 is 34.2 Å².